The van der Waals surface area contributed by atoms with E-state index < -0.39 is 10.0 Å². The van der Waals surface area contributed by atoms with Gasteiger partial charge >= 0.3 is 0 Å². The van der Waals surface area contributed by atoms with Gasteiger partial charge < -0.3 is 10.1 Å². The van der Waals surface area contributed by atoms with Crippen LogP contribution in [0.5, 0.6) is 5.75 Å². The maximum atomic E-state index is 13.0. The van der Waals surface area contributed by atoms with E-state index >= 15 is 0 Å². The van der Waals surface area contributed by atoms with Crippen molar-refractivity contribution in [2.45, 2.75) is 37.6 Å². The topological polar surface area (TPSA) is 75.7 Å². The van der Waals surface area contributed by atoms with Crippen LogP contribution in [0.4, 0.5) is 0 Å². The first-order valence-corrected chi connectivity index (χ1v) is 10.9. The molecule has 0 radical (unpaired) electrons. The number of nitrogens with one attached hydrogen (secondary N) is 1. The lowest BCUT2D eigenvalue weighted by atomic mass is 10.1. The van der Waals surface area contributed by atoms with E-state index in [4.69, 9.17) is 4.74 Å². The van der Waals surface area contributed by atoms with E-state index in [1.54, 1.807) is 26.2 Å². The van der Waals surface area contributed by atoms with Crippen LogP contribution in [0.3, 0.4) is 0 Å². The summed E-state index contributed by atoms with van der Waals surface area (Å²) < 4.78 is 32.9. The largest absolute Gasteiger partial charge is 0.496 e. The molecule has 0 atom stereocenters. The maximum absolute atomic E-state index is 13.0. The van der Waals surface area contributed by atoms with E-state index in [1.807, 2.05) is 24.3 Å². The molecule has 6 nitrogen and oxygen atoms in total. The molecule has 28 heavy (non-hydrogen) atoms. The van der Waals surface area contributed by atoms with Gasteiger partial charge in [-0.1, -0.05) is 30.7 Å². The SMILES string of the molecule is COc1ccccc1CNC(=O)c1ccc(C)c(S(=O)(=O)N2CCCCC2)c1. The Balaban J connectivity index is 1.79. The molecule has 0 spiro atoms. The highest BCUT2D eigenvalue weighted by Crippen LogP contribution is 2.24. The number of rotatable bonds is 6. The van der Waals surface area contributed by atoms with Gasteiger partial charge in [0.1, 0.15) is 5.75 Å². The predicted molar refractivity (Wildman–Crippen MR) is 108 cm³/mol. The van der Waals surface area contributed by atoms with Crippen LogP contribution in [-0.4, -0.2) is 38.8 Å². The number of carbonyl (C=O) groups excluding carboxylic acids is 1. The lowest BCUT2D eigenvalue weighted by Gasteiger charge is -2.26. The third-order valence-corrected chi connectivity index (χ3v) is 7.06. The summed E-state index contributed by atoms with van der Waals surface area (Å²) in [7, 11) is -2.01. The molecular weight excluding hydrogens is 376 g/mol. The van der Waals surface area contributed by atoms with Gasteiger partial charge in [0.2, 0.25) is 10.0 Å². The number of methoxy groups -OCH3 is 1. The standard InChI is InChI=1S/C21H26N2O4S/c1-16-10-11-17(14-20(16)28(25,26)23-12-6-3-7-13-23)21(24)22-15-18-8-4-5-9-19(18)27-2/h4-5,8-11,14H,3,6-7,12-13,15H2,1-2H3,(H,22,24). The molecule has 0 aromatic heterocycles. The molecule has 1 aliphatic heterocycles. The van der Waals surface area contributed by atoms with Gasteiger partial charge in [0, 0.05) is 30.8 Å². The van der Waals surface area contributed by atoms with Crippen LogP contribution >= 0.6 is 0 Å². The number of piperidine rings is 1. The van der Waals surface area contributed by atoms with Crippen LogP contribution in [0.2, 0.25) is 0 Å². The van der Waals surface area contributed by atoms with Crippen LogP contribution in [0.25, 0.3) is 0 Å². The van der Waals surface area contributed by atoms with Crippen molar-refractivity contribution in [3.8, 4) is 5.75 Å². The van der Waals surface area contributed by atoms with Crippen LogP contribution in [0.15, 0.2) is 47.4 Å². The summed E-state index contributed by atoms with van der Waals surface area (Å²) in [6.45, 7) is 3.12. The Kier molecular flexibility index (Phi) is 6.36. The van der Waals surface area contributed by atoms with Gasteiger partial charge in [0.15, 0.2) is 0 Å². The average molecular weight is 403 g/mol. The van der Waals surface area contributed by atoms with E-state index in [0.717, 1.165) is 24.8 Å². The van der Waals surface area contributed by atoms with Crippen molar-refractivity contribution in [1.82, 2.24) is 9.62 Å². The van der Waals surface area contributed by atoms with E-state index in [0.29, 0.717) is 36.5 Å². The molecule has 1 aliphatic rings. The summed E-state index contributed by atoms with van der Waals surface area (Å²) in [5.74, 6) is 0.376. The van der Waals surface area contributed by atoms with Gasteiger partial charge in [-0.3, -0.25) is 4.79 Å². The monoisotopic (exact) mass is 402 g/mol. The summed E-state index contributed by atoms with van der Waals surface area (Å²) >= 11 is 0. The summed E-state index contributed by atoms with van der Waals surface area (Å²) in [5.41, 5.74) is 1.83. The van der Waals surface area contributed by atoms with Crippen LogP contribution in [-0.2, 0) is 16.6 Å². The van der Waals surface area contributed by atoms with Gasteiger partial charge in [-0.15, -0.1) is 0 Å². The Bertz CT molecular complexity index is 951. The Labute approximate surface area is 166 Å². The Hall–Kier alpha value is -2.38. The van der Waals surface area contributed by atoms with Gasteiger partial charge in [0.05, 0.1) is 12.0 Å². The molecule has 150 valence electrons. The lowest BCUT2D eigenvalue weighted by Crippen LogP contribution is -2.36. The first-order chi connectivity index (χ1) is 13.4. The molecule has 7 heteroatoms. The van der Waals surface area contributed by atoms with Crippen LogP contribution in [0.1, 0.15) is 40.7 Å². The van der Waals surface area contributed by atoms with Gasteiger partial charge in [-0.2, -0.15) is 4.31 Å². The predicted octanol–water partition coefficient (Wildman–Crippen LogP) is 3.11. The highest BCUT2D eigenvalue weighted by molar-refractivity contribution is 7.89. The number of hydrogen-bond acceptors (Lipinski definition) is 4. The number of hydrogen-bond donors (Lipinski definition) is 1. The third kappa shape index (κ3) is 4.36. The zero-order valence-corrected chi connectivity index (χ0v) is 17.1. The van der Waals surface area contributed by atoms with Gasteiger partial charge in [0.25, 0.3) is 5.91 Å². The molecule has 1 heterocycles. The molecule has 3 rings (SSSR count). The van der Waals surface area contributed by atoms with Crippen molar-refractivity contribution < 1.29 is 17.9 Å². The van der Waals surface area contributed by atoms with E-state index in [2.05, 4.69) is 5.32 Å². The van der Waals surface area contributed by atoms with Crippen LogP contribution < -0.4 is 10.1 Å². The van der Waals surface area contributed by atoms with Crippen molar-refractivity contribution >= 4 is 15.9 Å². The molecule has 1 fully saturated rings. The molecular formula is C21H26N2O4S. The highest BCUT2D eigenvalue weighted by atomic mass is 32.2. The van der Waals surface area contributed by atoms with Crippen molar-refractivity contribution in [2.24, 2.45) is 0 Å². The summed E-state index contributed by atoms with van der Waals surface area (Å²) in [6.07, 6.45) is 2.80. The minimum atomic E-state index is -3.59. The fourth-order valence-corrected chi connectivity index (χ4v) is 5.16. The Morgan fingerprint density at radius 2 is 1.82 bits per heavy atom. The lowest BCUT2D eigenvalue weighted by molar-refractivity contribution is 0.0950. The second-order valence-corrected chi connectivity index (χ2v) is 8.85. The number of benzene rings is 2. The Morgan fingerprint density at radius 3 is 2.54 bits per heavy atom. The average Bonchev–Trinajstić information content (AvgIpc) is 2.73. The fourth-order valence-electron chi connectivity index (χ4n) is 3.39. The summed E-state index contributed by atoms with van der Waals surface area (Å²) in [5, 5.41) is 2.84. The number of carbonyl (C=O) groups is 1. The van der Waals surface area contributed by atoms with Crippen molar-refractivity contribution in [3.05, 3.63) is 59.2 Å². The third-order valence-electron chi connectivity index (χ3n) is 5.02. The minimum Gasteiger partial charge on any atom is -0.496 e. The maximum Gasteiger partial charge on any atom is 0.251 e. The number of para-hydroxylation sites is 1. The zero-order valence-electron chi connectivity index (χ0n) is 16.3. The first-order valence-electron chi connectivity index (χ1n) is 9.44. The van der Waals surface area contributed by atoms with Crippen LogP contribution in [0, 0.1) is 6.92 Å². The number of amides is 1. The Morgan fingerprint density at radius 1 is 1.11 bits per heavy atom. The van der Waals surface area contributed by atoms with Gasteiger partial charge in [-0.05, 0) is 43.5 Å². The molecule has 1 saturated heterocycles. The van der Waals surface area contributed by atoms with E-state index in [1.165, 1.54) is 10.4 Å². The van der Waals surface area contributed by atoms with Gasteiger partial charge in [-0.25, -0.2) is 8.42 Å². The molecule has 0 bridgehead atoms. The minimum absolute atomic E-state index is 0.208. The van der Waals surface area contributed by atoms with Crippen molar-refractivity contribution in [2.75, 3.05) is 20.2 Å². The molecule has 0 saturated carbocycles. The second kappa shape index (κ2) is 8.75. The summed E-state index contributed by atoms with van der Waals surface area (Å²) in [6, 6.07) is 12.3. The van der Waals surface area contributed by atoms with E-state index in [-0.39, 0.29) is 10.8 Å². The quantitative estimate of drug-likeness (QED) is 0.806. The molecule has 0 aliphatic carbocycles. The molecule has 0 unspecified atom stereocenters. The summed E-state index contributed by atoms with van der Waals surface area (Å²) in [4.78, 5) is 12.8. The normalized spacial score (nSPS) is 15.2. The van der Waals surface area contributed by atoms with Crippen molar-refractivity contribution in [3.63, 3.8) is 0 Å². The number of ether oxygens (including phenoxy) is 1. The number of aryl methyl sites for hydroxylation is 1. The number of sulfonamides is 1. The zero-order chi connectivity index (χ0) is 20.1. The van der Waals surface area contributed by atoms with Crippen molar-refractivity contribution in [1.29, 1.82) is 0 Å². The molecule has 1 N–H and O–H groups in total. The van der Waals surface area contributed by atoms with E-state index in [9.17, 15) is 13.2 Å². The fraction of sp³-hybridized carbons (Fsp3) is 0.381. The number of nitrogens with zero attached hydrogens (tertiary/aromatic N) is 1. The highest BCUT2D eigenvalue weighted by Gasteiger charge is 2.28. The smallest absolute Gasteiger partial charge is 0.251 e. The molecule has 1 amide bonds. The molecule has 2 aromatic carbocycles. The second-order valence-electron chi connectivity index (χ2n) is 6.94. The molecule has 2 aromatic rings. The first kappa shape index (κ1) is 20.4.